The fourth-order valence-corrected chi connectivity index (χ4v) is 4.74. The minimum atomic E-state index is -3.69. The molecular weight excluding hydrogens is 472 g/mol. The Hall–Kier alpha value is -1.94. The molecule has 2 aromatic rings. The summed E-state index contributed by atoms with van der Waals surface area (Å²) in [7, 11) is -3.69. The largest absolute Gasteiger partial charge is 0.489 e. The molecule has 0 spiro atoms. The Morgan fingerprint density at radius 2 is 1.83 bits per heavy atom. The zero-order valence-electron chi connectivity index (χ0n) is 16.9. The summed E-state index contributed by atoms with van der Waals surface area (Å²) in [5.74, 6) is 0.168. The van der Waals surface area contributed by atoms with Crippen molar-refractivity contribution >= 4 is 37.5 Å². The first kappa shape index (κ1) is 22.7. The van der Waals surface area contributed by atoms with Crippen molar-refractivity contribution in [2.75, 3.05) is 31.6 Å². The Morgan fingerprint density at radius 3 is 2.47 bits per heavy atom. The maximum atomic E-state index is 13.0. The van der Waals surface area contributed by atoms with Gasteiger partial charge in [-0.15, -0.1) is 0 Å². The molecule has 1 N–H and O–H groups in total. The predicted molar refractivity (Wildman–Crippen MR) is 118 cm³/mol. The van der Waals surface area contributed by atoms with Crippen LogP contribution in [-0.2, 0) is 26.0 Å². The molecule has 0 bridgehead atoms. The number of benzene rings is 2. The first-order valence-corrected chi connectivity index (χ1v) is 11.9. The van der Waals surface area contributed by atoms with Crippen LogP contribution in [0.1, 0.15) is 19.4 Å². The number of rotatable bonds is 7. The van der Waals surface area contributed by atoms with E-state index in [9.17, 15) is 13.2 Å². The number of hydrogen-bond acceptors (Lipinski definition) is 5. The molecule has 1 aliphatic heterocycles. The molecule has 9 heteroatoms. The summed E-state index contributed by atoms with van der Waals surface area (Å²) in [6.45, 7) is 5.07. The normalized spacial score (nSPS) is 15.2. The molecule has 1 saturated heterocycles. The van der Waals surface area contributed by atoms with Gasteiger partial charge in [0.15, 0.2) is 0 Å². The summed E-state index contributed by atoms with van der Waals surface area (Å²) in [5, 5.41) is 2.81. The van der Waals surface area contributed by atoms with Crippen molar-refractivity contribution in [1.82, 2.24) is 4.31 Å². The van der Waals surface area contributed by atoms with Gasteiger partial charge in [0.1, 0.15) is 5.75 Å². The summed E-state index contributed by atoms with van der Waals surface area (Å²) < 4.78 is 39.3. The summed E-state index contributed by atoms with van der Waals surface area (Å²) in [6, 6.07) is 12.0. The molecular formula is C21H25BrN2O5S. The fourth-order valence-electron chi connectivity index (χ4n) is 3.04. The first-order chi connectivity index (χ1) is 14.3. The lowest BCUT2D eigenvalue weighted by Crippen LogP contribution is -2.40. The van der Waals surface area contributed by atoms with E-state index in [1.165, 1.54) is 16.4 Å². The number of carbonyl (C=O) groups is 1. The maximum absolute atomic E-state index is 13.0. The fraction of sp³-hybridized carbons (Fsp3) is 0.381. The van der Waals surface area contributed by atoms with E-state index in [4.69, 9.17) is 9.47 Å². The lowest BCUT2D eigenvalue weighted by molar-refractivity contribution is -0.115. The van der Waals surface area contributed by atoms with E-state index in [0.717, 1.165) is 10.0 Å². The van der Waals surface area contributed by atoms with Crippen molar-refractivity contribution in [3.8, 4) is 5.75 Å². The molecule has 1 heterocycles. The van der Waals surface area contributed by atoms with E-state index >= 15 is 0 Å². The zero-order chi connectivity index (χ0) is 21.7. The number of ether oxygens (including phenoxy) is 2. The average Bonchev–Trinajstić information content (AvgIpc) is 2.71. The van der Waals surface area contributed by atoms with Crippen LogP contribution >= 0.6 is 15.9 Å². The number of nitrogens with zero attached hydrogens (tertiary/aromatic N) is 1. The van der Waals surface area contributed by atoms with Crippen LogP contribution in [0.5, 0.6) is 5.75 Å². The highest BCUT2D eigenvalue weighted by atomic mass is 79.9. The van der Waals surface area contributed by atoms with Gasteiger partial charge >= 0.3 is 0 Å². The molecule has 1 aliphatic rings. The third-order valence-corrected chi connectivity index (χ3v) is 6.90. The molecule has 0 atom stereocenters. The summed E-state index contributed by atoms with van der Waals surface area (Å²) in [4.78, 5) is 12.7. The zero-order valence-corrected chi connectivity index (χ0v) is 19.3. The molecule has 0 aromatic heterocycles. The van der Waals surface area contributed by atoms with Crippen molar-refractivity contribution in [2.45, 2.75) is 31.3 Å². The number of hydrogen-bond donors (Lipinski definition) is 1. The van der Waals surface area contributed by atoms with E-state index in [1.807, 2.05) is 38.1 Å². The van der Waals surface area contributed by atoms with E-state index < -0.39 is 10.0 Å². The third-order valence-electron chi connectivity index (χ3n) is 4.47. The second-order valence-corrected chi connectivity index (χ2v) is 10.0. The second-order valence-electron chi connectivity index (χ2n) is 7.19. The van der Waals surface area contributed by atoms with Crippen LogP contribution in [0, 0.1) is 0 Å². The second kappa shape index (κ2) is 9.91. The van der Waals surface area contributed by atoms with Crippen LogP contribution in [0.2, 0.25) is 0 Å². The van der Waals surface area contributed by atoms with E-state index in [2.05, 4.69) is 21.2 Å². The Labute approximate surface area is 185 Å². The monoisotopic (exact) mass is 496 g/mol. The van der Waals surface area contributed by atoms with E-state index in [1.54, 1.807) is 6.07 Å². The van der Waals surface area contributed by atoms with Crippen LogP contribution in [0.4, 0.5) is 5.69 Å². The summed E-state index contributed by atoms with van der Waals surface area (Å²) >= 11 is 3.37. The molecule has 2 aromatic carbocycles. The number of carbonyl (C=O) groups excluding carboxylic acids is 1. The maximum Gasteiger partial charge on any atom is 0.243 e. The average molecular weight is 497 g/mol. The smallest absolute Gasteiger partial charge is 0.243 e. The summed E-state index contributed by atoms with van der Waals surface area (Å²) in [5.41, 5.74) is 1.18. The van der Waals surface area contributed by atoms with Crippen LogP contribution in [0.25, 0.3) is 0 Å². The Kier molecular flexibility index (Phi) is 7.51. The highest BCUT2D eigenvalue weighted by Gasteiger charge is 2.27. The van der Waals surface area contributed by atoms with Gasteiger partial charge in [0.2, 0.25) is 15.9 Å². The number of halogens is 1. The van der Waals surface area contributed by atoms with Crippen molar-refractivity contribution in [3.63, 3.8) is 0 Å². The van der Waals surface area contributed by atoms with Gasteiger partial charge < -0.3 is 14.8 Å². The summed E-state index contributed by atoms with van der Waals surface area (Å²) in [6.07, 6.45) is 0.0308. The van der Waals surface area contributed by atoms with Gasteiger partial charge in [-0.2, -0.15) is 4.31 Å². The predicted octanol–water partition coefficient (Wildman–Crippen LogP) is 3.44. The Morgan fingerprint density at radius 1 is 1.17 bits per heavy atom. The van der Waals surface area contributed by atoms with Gasteiger partial charge in [0.25, 0.3) is 0 Å². The number of nitrogens with one attached hydrogen (secondary N) is 1. The molecule has 162 valence electrons. The lowest BCUT2D eigenvalue weighted by Gasteiger charge is -2.26. The number of sulfonamides is 1. The van der Waals surface area contributed by atoms with E-state index in [0.29, 0.717) is 37.7 Å². The van der Waals surface area contributed by atoms with E-state index in [-0.39, 0.29) is 23.3 Å². The number of amides is 1. The number of morpholine rings is 1. The van der Waals surface area contributed by atoms with Crippen molar-refractivity contribution < 1.29 is 22.7 Å². The molecule has 3 rings (SSSR count). The highest BCUT2D eigenvalue weighted by molar-refractivity contribution is 9.10. The molecule has 30 heavy (non-hydrogen) atoms. The molecule has 0 saturated carbocycles. The highest BCUT2D eigenvalue weighted by Crippen LogP contribution is 2.30. The molecule has 1 amide bonds. The lowest BCUT2D eigenvalue weighted by atomic mass is 10.1. The number of anilines is 1. The van der Waals surface area contributed by atoms with Crippen LogP contribution < -0.4 is 10.1 Å². The Bertz CT molecular complexity index is 987. The molecule has 0 radical (unpaired) electrons. The van der Waals surface area contributed by atoms with Gasteiger partial charge in [-0.1, -0.05) is 28.1 Å². The SMILES string of the molecule is CC(C)Oc1ccc(S(=O)(=O)N2CCOCC2)cc1NC(=O)Cc1ccc(Br)cc1. The standard InChI is InChI=1S/C21H25BrN2O5S/c1-15(2)29-20-8-7-18(30(26,27)24-9-11-28-12-10-24)14-19(20)23-21(25)13-16-3-5-17(22)6-4-16/h3-8,14-15H,9-13H2,1-2H3,(H,23,25). The topological polar surface area (TPSA) is 84.9 Å². The minimum absolute atomic E-state index is 0.111. The molecule has 7 nitrogen and oxygen atoms in total. The third kappa shape index (κ3) is 5.81. The van der Waals surface area contributed by atoms with Gasteiger partial charge in [-0.3, -0.25) is 4.79 Å². The molecule has 0 aliphatic carbocycles. The molecule has 0 unspecified atom stereocenters. The van der Waals surface area contributed by atoms with Crippen LogP contribution in [-0.4, -0.2) is 51.0 Å². The minimum Gasteiger partial charge on any atom is -0.489 e. The van der Waals surface area contributed by atoms with Crippen LogP contribution in [0.3, 0.4) is 0 Å². The quantitative estimate of drug-likeness (QED) is 0.634. The van der Waals surface area contributed by atoms with Gasteiger partial charge in [-0.25, -0.2) is 8.42 Å². The van der Waals surface area contributed by atoms with Gasteiger partial charge in [0, 0.05) is 17.6 Å². The van der Waals surface area contributed by atoms with Crippen molar-refractivity contribution in [3.05, 3.63) is 52.5 Å². The van der Waals surface area contributed by atoms with Crippen LogP contribution in [0.15, 0.2) is 51.8 Å². The first-order valence-electron chi connectivity index (χ1n) is 9.68. The van der Waals surface area contributed by atoms with Crippen molar-refractivity contribution in [2.24, 2.45) is 0 Å². The van der Waals surface area contributed by atoms with Gasteiger partial charge in [0.05, 0.1) is 36.3 Å². The Balaban J connectivity index is 1.85. The van der Waals surface area contributed by atoms with Gasteiger partial charge in [-0.05, 0) is 49.7 Å². The van der Waals surface area contributed by atoms with Crippen molar-refractivity contribution in [1.29, 1.82) is 0 Å². The molecule has 1 fully saturated rings.